The van der Waals surface area contributed by atoms with Gasteiger partial charge in [0.05, 0.1) is 23.0 Å². The lowest BCUT2D eigenvalue weighted by atomic mass is 10.2. The summed E-state index contributed by atoms with van der Waals surface area (Å²) in [7, 11) is -7.26. The number of sulfonamides is 1. The van der Waals surface area contributed by atoms with Crippen molar-refractivity contribution >= 4 is 60.3 Å². The number of rotatable bonds is 9. The maximum atomic E-state index is 14.0. The fraction of sp³-hybridized carbons (Fsp3) is 0.125. The molecule has 10 nitrogen and oxygen atoms in total. The zero-order valence-electron chi connectivity index (χ0n) is 20.6. The molecule has 0 aliphatic rings. The molecule has 2 N–H and O–H groups in total. The molecule has 40 heavy (non-hydrogen) atoms. The Hall–Kier alpha value is -3.66. The number of pyridine rings is 1. The van der Waals surface area contributed by atoms with E-state index in [1.54, 1.807) is 0 Å². The first kappa shape index (κ1) is 29.3. The number of nitrogens with zero attached hydrogens (tertiary/aromatic N) is 2. The Morgan fingerprint density at radius 1 is 0.975 bits per heavy atom. The van der Waals surface area contributed by atoms with Crippen LogP contribution in [0.15, 0.2) is 59.6 Å². The summed E-state index contributed by atoms with van der Waals surface area (Å²) in [6, 6.07) is 9.78. The maximum absolute atomic E-state index is 14.0. The van der Waals surface area contributed by atoms with E-state index in [9.17, 15) is 30.4 Å². The fourth-order valence-corrected chi connectivity index (χ4v) is 5.53. The number of nitrogens with one attached hydrogen (secondary N) is 2. The molecule has 0 saturated carbocycles. The van der Waals surface area contributed by atoms with E-state index in [1.807, 2.05) is 0 Å². The van der Waals surface area contributed by atoms with Gasteiger partial charge in [-0.2, -0.15) is 4.37 Å². The summed E-state index contributed by atoms with van der Waals surface area (Å²) in [5.41, 5.74) is 0.798. The largest absolute Gasteiger partial charge is 0.486 e. The quantitative estimate of drug-likeness (QED) is 0.270. The molecule has 2 heterocycles. The smallest absolute Gasteiger partial charge is 0.267 e. The maximum Gasteiger partial charge on any atom is 0.267 e. The molecule has 210 valence electrons. The summed E-state index contributed by atoms with van der Waals surface area (Å²) < 4.78 is 86.8. The van der Waals surface area contributed by atoms with Gasteiger partial charge in [0.1, 0.15) is 34.5 Å². The number of anilines is 2. The second-order valence-corrected chi connectivity index (χ2v) is 13.5. The van der Waals surface area contributed by atoms with Gasteiger partial charge in [0.15, 0.2) is 15.6 Å². The number of hydrogen-bond donors (Lipinski definition) is 2. The lowest BCUT2D eigenvalue weighted by molar-refractivity contribution is 0.103. The molecule has 1 amide bonds. The molecule has 4 aromatic rings. The number of ether oxygens (including phenoxy) is 1. The lowest BCUT2D eigenvalue weighted by Gasteiger charge is -2.11. The van der Waals surface area contributed by atoms with Crippen molar-refractivity contribution in [3.63, 3.8) is 0 Å². The second-order valence-electron chi connectivity index (χ2n) is 8.49. The van der Waals surface area contributed by atoms with Gasteiger partial charge in [-0.3, -0.25) is 9.52 Å². The zero-order chi connectivity index (χ0) is 29.2. The molecule has 0 unspecified atom stereocenters. The second kappa shape index (κ2) is 11.4. The topological polar surface area (TPSA) is 144 Å². The molecule has 0 fully saturated rings. The van der Waals surface area contributed by atoms with Crippen LogP contribution in [-0.4, -0.2) is 44.6 Å². The van der Waals surface area contributed by atoms with Gasteiger partial charge in [-0.25, -0.2) is 30.6 Å². The summed E-state index contributed by atoms with van der Waals surface area (Å²) in [4.78, 5) is 16.7. The van der Waals surface area contributed by atoms with E-state index >= 15 is 0 Å². The Bertz CT molecular complexity index is 1830. The van der Waals surface area contributed by atoms with Gasteiger partial charge in [-0.1, -0.05) is 11.6 Å². The molecule has 16 heteroatoms. The number of carbonyl (C=O) groups is 1. The van der Waals surface area contributed by atoms with Crippen molar-refractivity contribution in [1.82, 2.24) is 9.36 Å². The van der Waals surface area contributed by atoms with Crippen LogP contribution in [-0.2, 0) is 26.5 Å². The van der Waals surface area contributed by atoms with E-state index in [4.69, 9.17) is 16.3 Å². The van der Waals surface area contributed by atoms with Crippen molar-refractivity contribution < 1.29 is 35.1 Å². The molecular formula is C24H19ClF2N4O6S3. The van der Waals surface area contributed by atoms with E-state index in [0.29, 0.717) is 0 Å². The summed E-state index contributed by atoms with van der Waals surface area (Å²) in [6.07, 6.45) is 2.83. The van der Waals surface area contributed by atoms with Crippen molar-refractivity contribution in [2.24, 2.45) is 0 Å². The Morgan fingerprint density at radius 3 is 2.40 bits per heavy atom. The molecule has 0 aliphatic carbocycles. The van der Waals surface area contributed by atoms with Gasteiger partial charge in [-0.15, -0.1) is 0 Å². The molecule has 0 saturated heterocycles. The van der Waals surface area contributed by atoms with E-state index in [0.717, 1.165) is 48.4 Å². The third-order valence-corrected chi connectivity index (χ3v) is 7.71. The van der Waals surface area contributed by atoms with Gasteiger partial charge >= 0.3 is 0 Å². The number of aromatic nitrogens is 2. The van der Waals surface area contributed by atoms with E-state index < -0.39 is 37.4 Å². The average Bonchev–Trinajstić information content (AvgIpc) is 3.31. The highest BCUT2D eigenvalue weighted by Crippen LogP contribution is 2.31. The molecule has 4 rings (SSSR count). The van der Waals surface area contributed by atoms with Crippen LogP contribution in [0.4, 0.5) is 20.2 Å². The Morgan fingerprint density at radius 2 is 1.70 bits per heavy atom. The predicted octanol–water partition coefficient (Wildman–Crippen LogP) is 4.74. The van der Waals surface area contributed by atoms with Crippen LogP contribution < -0.4 is 14.8 Å². The van der Waals surface area contributed by atoms with Crippen molar-refractivity contribution in [1.29, 1.82) is 0 Å². The van der Waals surface area contributed by atoms with E-state index in [-0.39, 0.29) is 55.5 Å². The first-order valence-corrected chi connectivity index (χ1v) is 15.9. The van der Waals surface area contributed by atoms with Crippen LogP contribution in [0, 0.1) is 11.6 Å². The van der Waals surface area contributed by atoms with Crippen LogP contribution in [0.25, 0.3) is 11.4 Å². The normalized spacial score (nSPS) is 11.7. The van der Waals surface area contributed by atoms with Crippen molar-refractivity contribution in [3.8, 4) is 17.1 Å². The molecule has 2 aromatic carbocycles. The Balaban J connectivity index is 1.55. The summed E-state index contributed by atoms with van der Waals surface area (Å²) in [6.45, 7) is -0.311. The number of hydrogen-bond acceptors (Lipinski definition) is 9. The Labute approximate surface area is 237 Å². The molecule has 0 aliphatic heterocycles. The van der Waals surface area contributed by atoms with Gasteiger partial charge in [-0.05, 0) is 59.6 Å². The average molecular weight is 629 g/mol. The minimum absolute atomic E-state index is 0.0752. The highest BCUT2D eigenvalue weighted by Gasteiger charge is 2.18. The molecular weight excluding hydrogens is 610 g/mol. The first-order chi connectivity index (χ1) is 18.7. The summed E-state index contributed by atoms with van der Waals surface area (Å²) >= 11 is 6.85. The molecule has 2 aromatic heterocycles. The highest BCUT2D eigenvalue weighted by atomic mass is 35.5. The summed E-state index contributed by atoms with van der Waals surface area (Å²) in [5.74, 6) is -2.18. The fourth-order valence-electron chi connectivity index (χ4n) is 3.42. The highest BCUT2D eigenvalue weighted by molar-refractivity contribution is 7.92. The molecule has 0 spiro atoms. The lowest BCUT2D eigenvalue weighted by Crippen LogP contribution is -2.12. The first-order valence-electron chi connectivity index (χ1n) is 11.0. The molecule has 0 radical (unpaired) electrons. The van der Waals surface area contributed by atoms with Crippen LogP contribution in [0.2, 0.25) is 5.02 Å². The zero-order valence-corrected chi connectivity index (χ0v) is 23.8. The minimum Gasteiger partial charge on any atom is -0.486 e. The van der Waals surface area contributed by atoms with Crippen LogP contribution >= 0.6 is 23.1 Å². The number of carbonyl (C=O) groups excluding carboxylic acids is 1. The van der Waals surface area contributed by atoms with E-state index in [2.05, 4.69) is 19.4 Å². The minimum atomic E-state index is -3.68. The van der Waals surface area contributed by atoms with E-state index in [1.165, 1.54) is 30.3 Å². The number of sulfone groups is 1. The molecule has 0 atom stereocenters. The molecule has 0 bridgehead atoms. The number of amides is 1. The van der Waals surface area contributed by atoms with Crippen molar-refractivity contribution in [2.45, 2.75) is 11.5 Å². The third kappa shape index (κ3) is 7.71. The van der Waals surface area contributed by atoms with Gasteiger partial charge in [0.25, 0.3) is 5.91 Å². The Kier molecular flexibility index (Phi) is 8.39. The number of halogens is 3. The van der Waals surface area contributed by atoms with Gasteiger partial charge < -0.3 is 10.1 Å². The van der Waals surface area contributed by atoms with Gasteiger partial charge in [0.2, 0.25) is 10.0 Å². The predicted molar refractivity (Wildman–Crippen MR) is 147 cm³/mol. The third-order valence-electron chi connectivity index (χ3n) is 5.01. The summed E-state index contributed by atoms with van der Waals surface area (Å²) in [5, 5.41) is 2.77. The van der Waals surface area contributed by atoms with Crippen LogP contribution in [0.5, 0.6) is 5.75 Å². The number of benzene rings is 2. The van der Waals surface area contributed by atoms with Gasteiger partial charge in [0, 0.05) is 23.0 Å². The van der Waals surface area contributed by atoms with Crippen molar-refractivity contribution in [2.75, 3.05) is 22.6 Å². The van der Waals surface area contributed by atoms with Crippen LogP contribution in [0.1, 0.15) is 15.2 Å². The van der Waals surface area contributed by atoms with Crippen LogP contribution in [0.3, 0.4) is 0 Å². The van der Waals surface area contributed by atoms with Crippen molar-refractivity contribution in [3.05, 3.63) is 81.8 Å². The standard InChI is InChI=1S/C24H19ClF2N4O6S3/c1-39(33,34)19-4-13(3-15(26)7-19)12-37-21-8-16(27)11-28-23(21)20-10-22(38-30-20)24(32)29-17-5-14(25)6-18(9-17)31-40(2,35)36/h3-11,31H,12H2,1-2H3,(H,29,32). The monoisotopic (exact) mass is 628 g/mol. The SMILES string of the molecule is CS(=O)(=O)Nc1cc(Cl)cc(NC(=O)c2cc(-c3ncc(F)cc3OCc3cc(F)cc(S(C)(=O)=O)c3)ns2)c1.